The van der Waals surface area contributed by atoms with Gasteiger partial charge in [0, 0.05) is 26.1 Å². The lowest BCUT2D eigenvalue weighted by molar-refractivity contribution is -0.222. The summed E-state index contributed by atoms with van der Waals surface area (Å²) in [5.41, 5.74) is 1.59. The summed E-state index contributed by atoms with van der Waals surface area (Å²) < 4.78 is 10.2. The Labute approximate surface area is 141 Å². The SMILES string of the molecule is CC1(C)OC(=O)C(=CNc2ccccc2NC2CCCC2)C(=O)O1. The van der Waals surface area contributed by atoms with Crippen molar-refractivity contribution < 1.29 is 19.1 Å². The van der Waals surface area contributed by atoms with Gasteiger partial charge in [-0.05, 0) is 25.0 Å². The molecule has 2 aliphatic rings. The smallest absolute Gasteiger partial charge is 0.350 e. The van der Waals surface area contributed by atoms with Crippen LogP contribution in [0.15, 0.2) is 36.0 Å². The number of ether oxygens (including phenoxy) is 2. The number of carbonyl (C=O) groups is 2. The molecule has 1 heterocycles. The maximum atomic E-state index is 12.0. The zero-order valence-electron chi connectivity index (χ0n) is 13.9. The van der Waals surface area contributed by atoms with Crippen molar-refractivity contribution in [2.75, 3.05) is 10.6 Å². The Kier molecular flexibility index (Phi) is 4.46. The standard InChI is InChI=1S/C18H22N2O4/c1-18(2)23-16(21)13(17(22)24-18)11-19-14-9-5-6-10-15(14)20-12-7-3-4-8-12/h5-6,9-12,19-20H,3-4,7-8H2,1-2H3. The number of nitrogens with one attached hydrogen (secondary N) is 2. The number of hydrogen-bond acceptors (Lipinski definition) is 6. The molecule has 0 amide bonds. The Balaban J connectivity index is 1.74. The van der Waals surface area contributed by atoms with Crippen molar-refractivity contribution in [3.8, 4) is 0 Å². The molecule has 0 radical (unpaired) electrons. The summed E-state index contributed by atoms with van der Waals surface area (Å²) in [4.78, 5) is 23.9. The lowest BCUT2D eigenvalue weighted by Gasteiger charge is -2.29. The van der Waals surface area contributed by atoms with Crippen LogP contribution in [0.3, 0.4) is 0 Å². The predicted octanol–water partition coefficient (Wildman–Crippen LogP) is 3.17. The number of carbonyl (C=O) groups excluding carboxylic acids is 2. The number of hydrogen-bond donors (Lipinski definition) is 2. The Morgan fingerprint density at radius 1 is 1.04 bits per heavy atom. The highest BCUT2D eigenvalue weighted by molar-refractivity contribution is 6.15. The van der Waals surface area contributed by atoms with E-state index in [-0.39, 0.29) is 5.57 Å². The van der Waals surface area contributed by atoms with E-state index in [9.17, 15) is 9.59 Å². The zero-order chi connectivity index (χ0) is 17.2. The van der Waals surface area contributed by atoms with Gasteiger partial charge in [0.15, 0.2) is 5.57 Å². The molecule has 1 saturated heterocycles. The lowest BCUT2D eigenvalue weighted by atomic mass is 10.2. The monoisotopic (exact) mass is 330 g/mol. The van der Waals surface area contributed by atoms with Crippen LogP contribution < -0.4 is 10.6 Å². The molecule has 0 atom stereocenters. The van der Waals surface area contributed by atoms with Gasteiger partial charge in [0.05, 0.1) is 11.4 Å². The molecule has 0 spiro atoms. The molecule has 1 aromatic rings. The van der Waals surface area contributed by atoms with Crippen LogP contribution in [0, 0.1) is 0 Å². The van der Waals surface area contributed by atoms with Gasteiger partial charge < -0.3 is 20.1 Å². The summed E-state index contributed by atoms with van der Waals surface area (Å²) >= 11 is 0. The average molecular weight is 330 g/mol. The minimum absolute atomic E-state index is 0.148. The molecule has 6 heteroatoms. The van der Waals surface area contributed by atoms with Crippen molar-refractivity contribution in [2.45, 2.75) is 51.4 Å². The fourth-order valence-electron chi connectivity index (χ4n) is 2.95. The summed E-state index contributed by atoms with van der Waals surface area (Å²) in [6.07, 6.45) is 6.14. The van der Waals surface area contributed by atoms with Crippen LogP contribution in [-0.2, 0) is 19.1 Å². The highest BCUT2D eigenvalue weighted by Crippen LogP contribution is 2.28. The molecule has 3 rings (SSSR count). The second-order valence-corrected chi connectivity index (χ2v) is 6.55. The molecule has 2 fully saturated rings. The molecular weight excluding hydrogens is 308 g/mol. The maximum Gasteiger partial charge on any atom is 0.350 e. The molecular formula is C18H22N2O4. The number of para-hydroxylation sites is 2. The van der Waals surface area contributed by atoms with E-state index >= 15 is 0 Å². The van der Waals surface area contributed by atoms with Crippen LogP contribution in [0.5, 0.6) is 0 Å². The molecule has 0 unspecified atom stereocenters. The third kappa shape index (κ3) is 3.69. The zero-order valence-corrected chi connectivity index (χ0v) is 13.9. The summed E-state index contributed by atoms with van der Waals surface area (Å²) in [5, 5.41) is 6.53. The van der Waals surface area contributed by atoms with Gasteiger partial charge in [-0.2, -0.15) is 0 Å². The van der Waals surface area contributed by atoms with Crippen molar-refractivity contribution in [2.24, 2.45) is 0 Å². The van der Waals surface area contributed by atoms with Gasteiger partial charge in [-0.1, -0.05) is 25.0 Å². The molecule has 128 valence electrons. The number of cyclic esters (lactones) is 2. The van der Waals surface area contributed by atoms with Gasteiger partial charge in [-0.25, -0.2) is 9.59 Å². The normalized spacial score (nSPS) is 20.3. The van der Waals surface area contributed by atoms with E-state index in [4.69, 9.17) is 9.47 Å². The van der Waals surface area contributed by atoms with E-state index in [0.717, 1.165) is 24.2 Å². The van der Waals surface area contributed by atoms with E-state index in [1.807, 2.05) is 24.3 Å². The largest absolute Gasteiger partial charge is 0.419 e. The first kappa shape index (κ1) is 16.4. The molecule has 1 aromatic carbocycles. The summed E-state index contributed by atoms with van der Waals surface area (Å²) in [6, 6.07) is 8.16. The molecule has 1 aliphatic heterocycles. The first-order valence-corrected chi connectivity index (χ1v) is 8.23. The fraction of sp³-hybridized carbons (Fsp3) is 0.444. The highest BCUT2D eigenvalue weighted by atomic mass is 16.7. The first-order chi connectivity index (χ1) is 11.4. The van der Waals surface area contributed by atoms with Crippen molar-refractivity contribution in [1.82, 2.24) is 0 Å². The summed E-state index contributed by atoms with van der Waals surface area (Å²) in [7, 11) is 0. The van der Waals surface area contributed by atoms with Crippen LogP contribution >= 0.6 is 0 Å². The Morgan fingerprint density at radius 2 is 1.62 bits per heavy atom. The van der Waals surface area contributed by atoms with Gasteiger partial charge in [0.2, 0.25) is 0 Å². The van der Waals surface area contributed by atoms with Gasteiger partial charge in [0.25, 0.3) is 5.79 Å². The van der Waals surface area contributed by atoms with Crippen LogP contribution in [0.1, 0.15) is 39.5 Å². The molecule has 0 aromatic heterocycles. The van der Waals surface area contributed by atoms with Gasteiger partial charge in [-0.3, -0.25) is 0 Å². The van der Waals surface area contributed by atoms with Gasteiger partial charge >= 0.3 is 11.9 Å². The first-order valence-electron chi connectivity index (χ1n) is 8.23. The number of esters is 2. The lowest BCUT2D eigenvalue weighted by Crippen LogP contribution is -2.42. The van der Waals surface area contributed by atoms with E-state index in [2.05, 4.69) is 10.6 Å². The van der Waals surface area contributed by atoms with Crippen molar-refractivity contribution in [3.05, 3.63) is 36.0 Å². The average Bonchev–Trinajstić information content (AvgIpc) is 3.00. The van der Waals surface area contributed by atoms with Crippen LogP contribution in [0.4, 0.5) is 11.4 Å². The maximum absolute atomic E-state index is 12.0. The Hall–Kier alpha value is -2.50. The molecule has 0 bridgehead atoms. The van der Waals surface area contributed by atoms with Gasteiger partial charge in [0.1, 0.15) is 0 Å². The molecule has 6 nitrogen and oxygen atoms in total. The Bertz CT molecular complexity index is 653. The number of benzene rings is 1. The molecule has 1 aliphatic carbocycles. The second kappa shape index (κ2) is 6.55. The number of rotatable bonds is 4. The third-order valence-corrected chi connectivity index (χ3v) is 4.13. The number of anilines is 2. The molecule has 1 saturated carbocycles. The second-order valence-electron chi connectivity index (χ2n) is 6.55. The van der Waals surface area contributed by atoms with Crippen molar-refractivity contribution in [3.63, 3.8) is 0 Å². The highest BCUT2D eigenvalue weighted by Gasteiger charge is 2.38. The fourth-order valence-corrected chi connectivity index (χ4v) is 2.95. The minimum Gasteiger partial charge on any atom is -0.419 e. The third-order valence-electron chi connectivity index (χ3n) is 4.13. The van der Waals surface area contributed by atoms with Crippen molar-refractivity contribution >= 4 is 23.3 Å². The predicted molar refractivity (Wildman–Crippen MR) is 90.3 cm³/mol. The minimum atomic E-state index is -1.23. The van der Waals surface area contributed by atoms with Crippen LogP contribution in [-0.4, -0.2) is 23.8 Å². The van der Waals surface area contributed by atoms with E-state index < -0.39 is 17.7 Å². The van der Waals surface area contributed by atoms with E-state index in [1.165, 1.54) is 32.9 Å². The topological polar surface area (TPSA) is 76.7 Å². The summed E-state index contributed by atoms with van der Waals surface area (Å²) in [5.74, 6) is -2.61. The van der Waals surface area contributed by atoms with E-state index in [1.54, 1.807) is 0 Å². The van der Waals surface area contributed by atoms with E-state index in [0.29, 0.717) is 6.04 Å². The van der Waals surface area contributed by atoms with Crippen molar-refractivity contribution in [1.29, 1.82) is 0 Å². The van der Waals surface area contributed by atoms with Gasteiger partial charge in [-0.15, -0.1) is 0 Å². The molecule has 2 N–H and O–H groups in total. The quantitative estimate of drug-likeness (QED) is 0.502. The summed E-state index contributed by atoms with van der Waals surface area (Å²) in [6.45, 7) is 3.04. The molecule has 24 heavy (non-hydrogen) atoms. The van der Waals surface area contributed by atoms with Crippen LogP contribution in [0.25, 0.3) is 0 Å². The van der Waals surface area contributed by atoms with Crippen LogP contribution in [0.2, 0.25) is 0 Å². The Morgan fingerprint density at radius 3 is 2.25 bits per heavy atom.